The molecule has 4 N–H and O–H groups in total. The van der Waals surface area contributed by atoms with Crippen LogP contribution in [-0.2, 0) is 16.7 Å². The summed E-state index contributed by atoms with van der Waals surface area (Å²) in [5, 5.41) is -0.366. The van der Waals surface area contributed by atoms with E-state index in [0.29, 0.717) is 31.7 Å². The second-order valence-corrected chi connectivity index (χ2v) is 11.0. The van der Waals surface area contributed by atoms with Crippen LogP contribution in [0.2, 0.25) is 0 Å². The summed E-state index contributed by atoms with van der Waals surface area (Å²) < 4.78 is 44.8. The molecule has 2 aliphatic rings. The number of benzene rings is 2. The van der Waals surface area contributed by atoms with E-state index in [0.717, 1.165) is 30.4 Å². The maximum Gasteiger partial charge on any atom is 0.128 e. The number of ether oxygens (including phenoxy) is 1. The van der Waals surface area contributed by atoms with Crippen LogP contribution in [0.15, 0.2) is 48.5 Å². The largest absolute Gasteiger partial charge is 0.381 e. The fourth-order valence-electron chi connectivity index (χ4n) is 4.94. The van der Waals surface area contributed by atoms with Crippen LogP contribution in [-0.4, -0.2) is 39.2 Å². The van der Waals surface area contributed by atoms with Crippen LogP contribution in [0.5, 0.6) is 0 Å². The van der Waals surface area contributed by atoms with Gasteiger partial charge in [-0.2, -0.15) is 4.31 Å². The van der Waals surface area contributed by atoms with E-state index in [1.54, 1.807) is 16.4 Å². The first-order valence-corrected chi connectivity index (χ1v) is 12.6. The van der Waals surface area contributed by atoms with Crippen molar-refractivity contribution in [2.24, 2.45) is 5.73 Å². The maximum absolute atomic E-state index is 15.2. The lowest BCUT2D eigenvalue weighted by Gasteiger charge is -2.54. The second kappa shape index (κ2) is 9.17. The Balaban J connectivity index is 1.59. The third-order valence-corrected chi connectivity index (χ3v) is 9.52. The second-order valence-electron chi connectivity index (χ2n) is 8.87. The smallest absolute Gasteiger partial charge is 0.128 e. The van der Waals surface area contributed by atoms with Crippen LogP contribution < -0.4 is 5.73 Å². The van der Waals surface area contributed by atoms with Gasteiger partial charge in [-0.25, -0.2) is 4.39 Å². The number of halogens is 1. The fraction of sp³-hybridized carbons (Fsp3) is 0.500. The molecule has 2 heterocycles. The summed E-state index contributed by atoms with van der Waals surface area (Å²) in [6.07, 6.45) is 3.09. The monoisotopic (exact) mass is 448 g/mol. The van der Waals surface area contributed by atoms with Gasteiger partial charge in [-0.1, -0.05) is 42.5 Å². The third kappa shape index (κ3) is 4.40. The van der Waals surface area contributed by atoms with Crippen molar-refractivity contribution in [2.75, 3.05) is 19.8 Å². The molecule has 0 bridgehead atoms. The molecular weight excluding hydrogens is 415 g/mol. The molecule has 170 valence electrons. The molecule has 2 atom stereocenters. The van der Waals surface area contributed by atoms with Crippen molar-refractivity contribution in [2.45, 2.75) is 55.9 Å². The summed E-state index contributed by atoms with van der Waals surface area (Å²) in [5.74, 6) is -0.318. The fourth-order valence-corrected chi connectivity index (χ4v) is 7.20. The highest BCUT2D eigenvalue weighted by Crippen LogP contribution is 2.63. The summed E-state index contributed by atoms with van der Waals surface area (Å²) in [6, 6.07) is 14.9. The molecule has 0 saturated carbocycles. The van der Waals surface area contributed by atoms with Crippen LogP contribution in [0.1, 0.15) is 54.5 Å². The predicted octanol–water partition coefficient (Wildman–Crippen LogP) is 5.22. The molecule has 0 aromatic heterocycles. The summed E-state index contributed by atoms with van der Waals surface area (Å²) in [6.45, 7) is 3.86. The van der Waals surface area contributed by atoms with Gasteiger partial charge in [0.2, 0.25) is 0 Å². The number of hydrogen-bond acceptors (Lipinski definition) is 5. The average molecular weight is 449 g/mol. The molecule has 2 aliphatic heterocycles. The minimum absolute atomic E-state index is 0.0464. The van der Waals surface area contributed by atoms with Crippen molar-refractivity contribution in [1.82, 2.24) is 4.31 Å². The topological polar surface area (TPSA) is 79.0 Å². The standard InChI is InChI=1S/C24H33FN2O3S/c1-18-7-10-23(19-5-3-2-4-6-19)31(28,29)27(18)16-20-8-9-21(15-22(20)25)24(17-26)11-13-30-14-12-24/h2-6,8-9,15,18,23,28-29H,7,10-14,16-17,26H2,1H3/t18-,23+/m0/s1. The summed E-state index contributed by atoms with van der Waals surface area (Å²) >= 11 is 0. The zero-order chi connectivity index (χ0) is 22.1. The molecule has 0 radical (unpaired) electrons. The lowest BCUT2D eigenvalue weighted by molar-refractivity contribution is 0.0528. The number of hydrogen-bond donors (Lipinski definition) is 3. The first kappa shape index (κ1) is 22.7. The highest BCUT2D eigenvalue weighted by molar-refractivity contribution is 8.22. The van der Waals surface area contributed by atoms with E-state index in [-0.39, 0.29) is 29.1 Å². The van der Waals surface area contributed by atoms with Crippen LogP contribution in [0.3, 0.4) is 0 Å². The van der Waals surface area contributed by atoms with E-state index in [1.807, 2.05) is 43.3 Å². The summed E-state index contributed by atoms with van der Waals surface area (Å²) in [4.78, 5) is 0. The number of nitrogens with two attached hydrogens (primary N) is 1. The van der Waals surface area contributed by atoms with Gasteiger partial charge in [0, 0.05) is 43.3 Å². The molecule has 4 rings (SSSR count). The van der Waals surface area contributed by atoms with E-state index in [9.17, 15) is 9.11 Å². The van der Waals surface area contributed by atoms with Gasteiger partial charge >= 0.3 is 0 Å². The van der Waals surface area contributed by atoms with E-state index >= 15 is 4.39 Å². The van der Waals surface area contributed by atoms with Gasteiger partial charge in [-0.3, -0.25) is 9.11 Å². The van der Waals surface area contributed by atoms with Crippen LogP contribution >= 0.6 is 10.8 Å². The molecule has 5 nitrogen and oxygen atoms in total. The van der Waals surface area contributed by atoms with Crippen molar-refractivity contribution < 1.29 is 18.2 Å². The molecule has 0 aliphatic carbocycles. The van der Waals surface area contributed by atoms with E-state index in [2.05, 4.69) is 0 Å². The molecule has 0 amide bonds. The lowest BCUT2D eigenvalue weighted by atomic mass is 9.74. The zero-order valence-corrected chi connectivity index (χ0v) is 18.9. The molecular formula is C24H33FN2O3S. The summed E-state index contributed by atoms with van der Waals surface area (Å²) in [5.41, 5.74) is 8.13. The minimum atomic E-state index is -3.10. The predicted molar refractivity (Wildman–Crippen MR) is 123 cm³/mol. The van der Waals surface area contributed by atoms with Gasteiger partial charge in [-0.15, -0.1) is 10.8 Å². The van der Waals surface area contributed by atoms with Gasteiger partial charge in [-0.05, 0) is 49.8 Å². The van der Waals surface area contributed by atoms with E-state index in [1.165, 1.54) is 0 Å². The Morgan fingerprint density at radius 3 is 2.48 bits per heavy atom. The first-order chi connectivity index (χ1) is 14.9. The molecule has 7 heteroatoms. The van der Waals surface area contributed by atoms with Gasteiger partial charge in [0.05, 0.1) is 5.25 Å². The van der Waals surface area contributed by atoms with Gasteiger partial charge in [0.25, 0.3) is 0 Å². The normalized spacial score (nSPS) is 27.0. The Bertz CT molecular complexity index is 890. The molecule has 2 aromatic carbocycles. The Morgan fingerprint density at radius 1 is 1.13 bits per heavy atom. The average Bonchev–Trinajstić information content (AvgIpc) is 2.78. The molecule has 2 fully saturated rings. The maximum atomic E-state index is 15.2. The van der Waals surface area contributed by atoms with Crippen molar-refractivity contribution in [3.63, 3.8) is 0 Å². The third-order valence-electron chi connectivity index (χ3n) is 7.07. The zero-order valence-electron chi connectivity index (χ0n) is 18.0. The Morgan fingerprint density at radius 2 is 1.84 bits per heavy atom. The molecule has 2 aromatic rings. The van der Waals surface area contributed by atoms with Gasteiger partial charge in [0.1, 0.15) is 5.82 Å². The number of rotatable bonds is 5. The molecule has 2 saturated heterocycles. The summed E-state index contributed by atoms with van der Waals surface area (Å²) in [7, 11) is -3.10. The first-order valence-electron chi connectivity index (χ1n) is 11.0. The lowest BCUT2D eigenvalue weighted by Crippen LogP contribution is -2.42. The highest BCUT2D eigenvalue weighted by Gasteiger charge is 2.41. The Labute approximate surface area is 185 Å². The Hall–Kier alpha value is -1.48. The highest BCUT2D eigenvalue weighted by atomic mass is 32.3. The Kier molecular flexibility index (Phi) is 6.72. The van der Waals surface area contributed by atoms with Crippen molar-refractivity contribution >= 4 is 10.8 Å². The van der Waals surface area contributed by atoms with Crippen molar-refractivity contribution in [3.8, 4) is 0 Å². The van der Waals surface area contributed by atoms with Crippen molar-refractivity contribution in [3.05, 3.63) is 71.0 Å². The van der Waals surface area contributed by atoms with E-state index < -0.39 is 10.8 Å². The van der Waals surface area contributed by atoms with Gasteiger partial charge in [0.15, 0.2) is 0 Å². The SMILES string of the molecule is C[C@H]1CC[C@H](c2ccccc2)S(O)(O)N1Cc1ccc(C2(CN)CCOCC2)cc1F. The van der Waals surface area contributed by atoms with E-state index in [4.69, 9.17) is 10.5 Å². The van der Waals surface area contributed by atoms with Crippen molar-refractivity contribution in [1.29, 1.82) is 0 Å². The molecule has 0 unspecified atom stereocenters. The quantitative estimate of drug-likeness (QED) is 0.584. The van der Waals surface area contributed by atoms with Crippen LogP contribution in [0.4, 0.5) is 4.39 Å². The van der Waals surface area contributed by atoms with Crippen LogP contribution in [0.25, 0.3) is 0 Å². The molecule has 0 spiro atoms. The number of nitrogens with zero attached hydrogens (tertiary/aromatic N) is 1. The van der Waals surface area contributed by atoms with Gasteiger partial charge < -0.3 is 10.5 Å². The molecule has 31 heavy (non-hydrogen) atoms. The minimum Gasteiger partial charge on any atom is -0.381 e. The van der Waals surface area contributed by atoms with Crippen LogP contribution in [0, 0.1) is 5.82 Å².